The van der Waals surface area contributed by atoms with Crippen molar-refractivity contribution in [3.8, 4) is 11.6 Å². The zero-order valence-electron chi connectivity index (χ0n) is 9.76. The first-order valence-corrected chi connectivity index (χ1v) is 5.53. The minimum atomic E-state index is 0.511. The summed E-state index contributed by atoms with van der Waals surface area (Å²) in [7, 11) is 0. The highest BCUT2D eigenvalue weighted by Crippen LogP contribution is 2.19. The van der Waals surface area contributed by atoms with Crippen LogP contribution in [0.2, 0.25) is 0 Å². The van der Waals surface area contributed by atoms with Crippen molar-refractivity contribution in [1.82, 2.24) is 9.97 Å². The Morgan fingerprint density at radius 1 is 1.18 bits per heavy atom. The van der Waals surface area contributed by atoms with Crippen LogP contribution in [-0.2, 0) is 6.42 Å². The van der Waals surface area contributed by atoms with Crippen molar-refractivity contribution in [2.45, 2.75) is 13.3 Å². The van der Waals surface area contributed by atoms with E-state index < -0.39 is 0 Å². The fourth-order valence-electron chi connectivity index (χ4n) is 1.50. The molecule has 4 nitrogen and oxygen atoms in total. The molecule has 2 aromatic rings. The number of hydrogen-bond donors (Lipinski definition) is 1. The van der Waals surface area contributed by atoms with Crippen LogP contribution in [0.4, 0.5) is 0 Å². The summed E-state index contributed by atoms with van der Waals surface area (Å²) in [5.41, 5.74) is 7.53. The summed E-state index contributed by atoms with van der Waals surface area (Å²) in [6.07, 6.45) is 4.17. The van der Waals surface area contributed by atoms with Crippen molar-refractivity contribution in [3.05, 3.63) is 47.9 Å². The van der Waals surface area contributed by atoms with Crippen molar-refractivity contribution in [1.29, 1.82) is 0 Å². The molecule has 0 radical (unpaired) electrons. The van der Waals surface area contributed by atoms with Gasteiger partial charge in [-0.3, -0.25) is 4.98 Å². The highest BCUT2D eigenvalue weighted by molar-refractivity contribution is 5.30. The van der Waals surface area contributed by atoms with Gasteiger partial charge < -0.3 is 10.5 Å². The van der Waals surface area contributed by atoms with Crippen LogP contribution in [0, 0.1) is 6.92 Å². The van der Waals surface area contributed by atoms with Gasteiger partial charge in [0.2, 0.25) is 5.88 Å². The van der Waals surface area contributed by atoms with Crippen LogP contribution in [0.5, 0.6) is 11.6 Å². The van der Waals surface area contributed by atoms with Crippen LogP contribution in [0.3, 0.4) is 0 Å². The SMILES string of the molecule is Cc1cncc(Oc2ccc(CCN)cc2)n1. The van der Waals surface area contributed by atoms with Gasteiger partial charge in [-0.1, -0.05) is 12.1 Å². The van der Waals surface area contributed by atoms with Gasteiger partial charge in [0.25, 0.3) is 0 Å². The molecule has 0 saturated carbocycles. The van der Waals surface area contributed by atoms with Gasteiger partial charge in [0.15, 0.2) is 0 Å². The van der Waals surface area contributed by atoms with Crippen LogP contribution in [0.1, 0.15) is 11.3 Å². The normalized spacial score (nSPS) is 10.2. The first kappa shape index (κ1) is 11.5. The fraction of sp³-hybridized carbons (Fsp3) is 0.231. The van der Waals surface area contributed by atoms with Crippen molar-refractivity contribution >= 4 is 0 Å². The van der Waals surface area contributed by atoms with E-state index in [1.54, 1.807) is 12.4 Å². The van der Waals surface area contributed by atoms with Gasteiger partial charge in [0, 0.05) is 6.20 Å². The Labute approximate surface area is 100 Å². The van der Waals surface area contributed by atoms with E-state index in [1.165, 1.54) is 5.56 Å². The summed E-state index contributed by atoms with van der Waals surface area (Å²) < 4.78 is 5.59. The Bertz CT molecular complexity index is 482. The standard InChI is InChI=1S/C13H15N3O/c1-10-8-15-9-13(16-10)17-12-4-2-11(3-5-12)6-7-14/h2-5,8-9H,6-7,14H2,1H3. The average molecular weight is 229 g/mol. The van der Waals surface area contributed by atoms with Gasteiger partial charge in [-0.15, -0.1) is 0 Å². The minimum absolute atomic E-state index is 0.511. The van der Waals surface area contributed by atoms with E-state index in [2.05, 4.69) is 9.97 Å². The second-order valence-corrected chi connectivity index (χ2v) is 3.78. The Balaban J connectivity index is 2.08. The molecule has 88 valence electrons. The van der Waals surface area contributed by atoms with Crippen molar-refractivity contribution < 1.29 is 4.74 Å². The van der Waals surface area contributed by atoms with Gasteiger partial charge in [-0.2, -0.15) is 0 Å². The monoisotopic (exact) mass is 229 g/mol. The second kappa shape index (κ2) is 5.41. The topological polar surface area (TPSA) is 61.0 Å². The van der Waals surface area contributed by atoms with Gasteiger partial charge in [0.05, 0.1) is 11.9 Å². The van der Waals surface area contributed by atoms with Crippen molar-refractivity contribution in [2.24, 2.45) is 5.73 Å². The van der Waals surface area contributed by atoms with E-state index in [4.69, 9.17) is 10.5 Å². The number of rotatable bonds is 4. The van der Waals surface area contributed by atoms with E-state index in [0.29, 0.717) is 12.4 Å². The van der Waals surface area contributed by atoms with Crippen LogP contribution in [-0.4, -0.2) is 16.5 Å². The quantitative estimate of drug-likeness (QED) is 0.872. The third-order valence-corrected chi connectivity index (χ3v) is 2.31. The van der Waals surface area contributed by atoms with Crippen molar-refractivity contribution in [3.63, 3.8) is 0 Å². The molecule has 0 fully saturated rings. The summed E-state index contributed by atoms with van der Waals surface area (Å²) in [5.74, 6) is 1.27. The van der Waals surface area contributed by atoms with Gasteiger partial charge in [-0.05, 0) is 37.6 Å². The summed E-state index contributed by atoms with van der Waals surface area (Å²) in [6, 6.07) is 7.83. The molecule has 4 heteroatoms. The molecule has 0 aliphatic heterocycles. The maximum atomic E-state index is 5.59. The highest BCUT2D eigenvalue weighted by Gasteiger charge is 1.99. The minimum Gasteiger partial charge on any atom is -0.437 e. The Hall–Kier alpha value is -1.94. The zero-order valence-corrected chi connectivity index (χ0v) is 9.76. The number of nitrogens with zero attached hydrogens (tertiary/aromatic N) is 2. The summed E-state index contributed by atoms with van der Waals surface area (Å²) in [4.78, 5) is 8.25. The van der Waals surface area contributed by atoms with E-state index in [9.17, 15) is 0 Å². The third-order valence-electron chi connectivity index (χ3n) is 2.31. The Kier molecular flexibility index (Phi) is 3.67. The molecule has 1 aromatic heterocycles. The van der Waals surface area contributed by atoms with E-state index >= 15 is 0 Å². The van der Waals surface area contributed by atoms with Crippen molar-refractivity contribution in [2.75, 3.05) is 6.54 Å². The molecule has 0 amide bonds. The maximum absolute atomic E-state index is 5.59. The number of aromatic nitrogens is 2. The number of hydrogen-bond acceptors (Lipinski definition) is 4. The van der Waals surface area contributed by atoms with Crippen LogP contribution in [0.15, 0.2) is 36.7 Å². The van der Waals surface area contributed by atoms with E-state index in [0.717, 1.165) is 17.9 Å². The lowest BCUT2D eigenvalue weighted by Gasteiger charge is -2.05. The Morgan fingerprint density at radius 3 is 2.59 bits per heavy atom. The molecule has 0 bridgehead atoms. The highest BCUT2D eigenvalue weighted by atomic mass is 16.5. The number of benzene rings is 1. The second-order valence-electron chi connectivity index (χ2n) is 3.78. The predicted molar refractivity (Wildman–Crippen MR) is 66.0 cm³/mol. The van der Waals surface area contributed by atoms with E-state index in [1.807, 2.05) is 31.2 Å². The summed E-state index contributed by atoms with van der Waals surface area (Å²) >= 11 is 0. The summed E-state index contributed by atoms with van der Waals surface area (Å²) in [6.45, 7) is 2.54. The maximum Gasteiger partial charge on any atom is 0.238 e. The molecule has 1 heterocycles. The molecular weight excluding hydrogens is 214 g/mol. The van der Waals surface area contributed by atoms with Crippen LogP contribution < -0.4 is 10.5 Å². The van der Waals surface area contributed by atoms with E-state index in [-0.39, 0.29) is 0 Å². The lowest BCUT2D eigenvalue weighted by molar-refractivity contribution is 0.458. The number of aryl methyl sites for hydroxylation is 1. The lowest BCUT2D eigenvalue weighted by Crippen LogP contribution is -2.02. The molecule has 0 atom stereocenters. The zero-order chi connectivity index (χ0) is 12.1. The Morgan fingerprint density at radius 2 is 1.94 bits per heavy atom. The molecule has 17 heavy (non-hydrogen) atoms. The predicted octanol–water partition coefficient (Wildman–Crippen LogP) is 2.08. The molecule has 1 aromatic carbocycles. The molecule has 2 rings (SSSR count). The fourth-order valence-corrected chi connectivity index (χ4v) is 1.50. The van der Waals surface area contributed by atoms with Gasteiger partial charge in [-0.25, -0.2) is 4.98 Å². The van der Waals surface area contributed by atoms with Gasteiger partial charge >= 0.3 is 0 Å². The largest absolute Gasteiger partial charge is 0.437 e. The third kappa shape index (κ3) is 3.26. The molecule has 2 N–H and O–H groups in total. The lowest BCUT2D eigenvalue weighted by atomic mass is 10.1. The molecule has 0 saturated heterocycles. The number of nitrogens with two attached hydrogens (primary N) is 1. The molecule has 0 aliphatic carbocycles. The molecule has 0 aliphatic rings. The smallest absolute Gasteiger partial charge is 0.238 e. The number of ether oxygens (including phenoxy) is 1. The average Bonchev–Trinajstić information content (AvgIpc) is 2.32. The molecular formula is C13H15N3O. The first-order valence-electron chi connectivity index (χ1n) is 5.53. The molecule has 0 spiro atoms. The van der Waals surface area contributed by atoms with Crippen LogP contribution >= 0.6 is 0 Å². The molecule has 0 unspecified atom stereocenters. The summed E-state index contributed by atoms with van der Waals surface area (Å²) in [5, 5.41) is 0. The van der Waals surface area contributed by atoms with Crippen LogP contribution in [0.25, 0.3) is 0 Å². The first-order chi connectivity index (χ1) is 8.28. The van der Waals surface area contributed by atoms with Gasteiger partial charge in [0.1, 0.15) is 5.75 Å².